The summed E-state index contributed by atoms with van der Waals surface area (Å²) in [7, 11) is 0. The van der Waals surface area contributed by atoms with E-state index in [0.717, 1.165) is 0 Å². The molecule has 0 fully saturated rings. The molecule has 0 aliphatic heterocycles. The van der Waals surface area contributed by atoms with E-state index >= 15 is 0 Å². The molecule has 0 bridgehead atoms. The number of primary amides is 1. The maximum Gasteiger partial charge on any atom is 0.416 e. The lowest BCUT2D eigenvalue weighted by Gasteiger charge is -2.27. The first-order chi connectivity index (χ1) is 20.2. The van der Waals surface area contributed by atoms with Crippen LogP contribution in [0.2, 0.25) is 0 Å². The molecule has 0 aliphatic rings. The Bertz CT molecular complexity index is 1260. The van der Waals surface area contributed by atoms with E-state index in [1.807, 2.05) is 5.32 Å². The van der Waals surface area contributed by atoms with Crippen LogP contribution in [0.15, 0.2) is 54.6 Å². The molecule has 234 valence electrons. The number of aliphatic hydroxyl groups is 2. The van der Waals surface area contributed by atoms with Gasteiger partial charge in [0.2, 0.25) is 23.6 Å². The first-order valence-electron chi connectivity index (χ1n) is 13.2. The van der Waals surface area contributed by atoms with E-state index < -0.39 is 79.3 Å². The fraction of sp³-hybridized carbons (Fsp3) is 0.393. The Morgan fingerprint density at radius 3 is 2.07 bits per heavy atom. The van der Waals surface area contributed by atoms with Crippen molar-refractivity contribution in [3.8, 4) is 0 Å². The molecule has 0 spiro atoms. The SMILES string of the molecule is C[C@H](NC(=O)[C@H](Cc1ccccc1)NC(=O)CNC(=O)c1ccc(CO)cc1)C(=O)NC(CCC(N)=O)C(O)C(F)(F)F. The highest BCUT2D eigenvalue weighted by atomic mass is 19.4. The minimum Gasteiger partial charge on any atom is -0.392 e. The number of hydrogen-bond acceptors (Lipinski definition) is 7. The Kier molecular flexibility index (Phi) is 13.1. The van der Waals surface area contributed by atoms with Crippen molar-refractivity contribution in [2.45, 2.75) is 63.2 Å². The van der Waals surface area contributed by atoms with E-state index in [9.17, 15) is 42.3 Å². The summed E-state index contributed by atoms with van der Waals surface area (Å²) in [5.74, 6) is -4.20. The molecule has 0 saturated heterocycles. The van der Waals surface area contributed by atoms with Gasteiger partial charge in [0.05, 0.1) is 19.2 Å². The minimum atomic E-state index is -5.11. The highest BCUT2D eigenvalue weighted by Gasteiger charge is 2.44. The second-order valence-electron chi connectivity index (χ2n) is 9.68. The Labute approximate surface area is 245 Å². The summed E-state index contributed by atoms with van der Waals surface area (Å²) < 4.78 is 39.3. The lowest BCUT2D eigenvalue weighted by atomic mass is 10.0. The van der Waals surface area contributed by atoms with E-state index in [0.29, 0.717) is 11.1 Å². The van der Waals surface area contributed by atoms with Crippen LogP contribution < -0.4 is 27.0 Å². The molecule has 0 heterocycles. The summed E-state index contributed by atoms with van der Waals surface area (Å²) in [6.07, 6.45) is -9.28. The van der Waals surface area contributed by atoms with E-state index in [1.165, 1.54) is 31.2 Å². The predicted molar refractivity (Wildman–Crippen MR) is 147 cm³/mol. The lowest BCUT2D eigenvalue weighted by Crippen LogP contribution is -2.57. The number of hydrogen-bond donors (Lipinski definition) is 7. The average molecular weight is 610 g/mol. The predicted octanol–water partition coefficient (Wildman–Crippen LogP) is -0.186. The average Bonchev–Trinajstić information content (AvgIpc) is 2.97. The van der Waals surface area contributed by atoms with Crippen molar-refractivity contribution >= 4 is 29.5 Å². The molecule has 0 aromatic heterocycles. The quantitative estimate of drug-likeness (QED) is 0.145. The van der Waals surface area contributed by atoms with Gasteiger partial charge in [-0.15, -0.1) is 0 Å². The molecular weight excluding hydrogens is 575 g/mol. The van der Waals surface area contributed by atoms with Crippen molar-refractivity contribution in [2.75, 3.05) is 6.54 Å². The zero-order valence-electron chi connectivity index (χ0n) is 23.2. The third kappa shape index (κ3) is 11.7. The second kappa shape index (κ2) is 16.2. The number of carbonyl (C=O) groups excluding carboxylic acids is 5. The van der Waals surface area contributed by atoms with Gasteiger partial charge >= 0.3 is 6.18 Å². The van der Waals surface area contributed by atoms with E-state index in [4.69, 9.17) is 10.8 Å². The number of aliphatic hydroxyl groups excluding tert-OH is 2. The topological polar surface area (TPSA) is 200 Å². The van der Waals surface area contributed by atoms with Gasteiger partial charge in [-0.2, -0.15) is 13.2 Å². The molecule has 2 rings (SSSR count). The summed E-state index contributed by atoms with van der Waals surface area (Å²) in [4.78, 5) is 61.8. The number of carbonyl (C=O) groups is 5. The van der Waals surface area contributed by atoms with Gasteiger partial charge in [-0.1, -0.05) is 42.5 Å². The van der Waals surface area contributed by atoms with Crippen LogP contribution in [0.5, 0.6) is 0 Å². The highest BCUT2D eigenvalue weighted by Crippen LogP contribution is 2.24. The van der Waals surface area contributed by atoms with E-state index in [-0.39, 0.29) is 18.6 Å². The molecular formula is C28H34F3N5O7. The van der Waals surface area contributed by atoms with Crippen molar-refractivity contribution in [3.63, 3.8) is 0 Å². The number of alkyl halides is 3. The monoisotopic (exact) mass is 609 g/mol. The van der Waals surface area contributed by atoms with Gasteiger partial charge in [0.25, 0.3) is 5.91 Å². The van der Waals surface area contributed by atoms with Crippen molar-refractivity contribution in [1.29, 1.82) is 0 Å². The molecule has 2 aromatic rings. The summed E-state index contributed by atoms with van der Waals surface area (Å²) in [6, 6.07) is 9.91. The molecule has 0 radical (unpaired) electrons. The van der Waals surface area contributed by atoms with Crippen molar-refractivity contribution < 1.29 is 47.4 Å². The third-order valence-electron chi connectivity index (χ3n) is 6.24. The summed E-state index contributed by atoms with van der Waals surface area (Å²) in [5, 5.41) is 28.0. The van der Waals surface area contributed by atoms with Gasteiger partial charge in [-0.25, -0.2) is 0 Å². The lowest BCUT2D eigenvalue weighted by molar-refractivity contribution is -0.212. The number of nitrogens with two attached hydrogens (primary N) is 1. The molecule has 5 amide bonds. The standard InChI is InChI=1S/C28H34F3N5O7/c1-16(25(41)36-20(11-12-22(32)38)24(40)28(29,30)31)34-27(43)21(13-17-5-3-2-4-6-17)35-23(39)14-33-26(42)19-9-7-18(15-37)8-10-19/h2-10,16,20-21,24,37,40H,11-15H2,1H3,(H2,32,38)(H,33,42)(H,34,43)(H,35,39)(H,36,41)/t16-,20?,21-,24?/m0/s1. The fourth-order valence-electron chi connectivity index (χ4n) is 3.85. The van der Waals surface area contributed by atoms with E-state index in [2.05, 4.69) is 16.0 Å². The zero-order valence-corrected chi connectivity index (χ0v) is 23.2. The van der Waals surface area contributed by atoms with Crippen LogP contribution in [0.1, 0.15) is 41.3 Å². The number of benzene rings is 2. The summed E-state index contributed by atoms with van der Waals surface area (Å²) in [5.41, 5.74) is 6.43. The van der Waals surface area contributed by atoms with Crippen LogP contribution in [-0.2, 0) is 32.2 Å². The molecule has 43 heavy (non-hydrogen) atoms. The van der Waals surface area contributed by atoms with Gasteiger partial charge in [-0.05, 0) is 36.6 Å². The van der Waals surface area contributed by atoms with Crippen LogP contribution in [0.4, 0.5) is 13.2 Å². The molecule has 2 aromatic carbocycles. The Balaban J connectivity index is 2.07. The van der Waals surface area contributed by atoms with Gasteiger partial charge in [-0.3, -0.25) is 24.0 Å². The van der Waals surface area contributed by atoms with Crippen LogP contribution >= 0.6 is 0 Å². The molecule has 12 nitrogen and oxygen atoms in total. The van der Waals surface area contributed by atoms with Crippen LogP contribution in [0, 0.1) is 0 Å². The first kappa shape index (κ1) is 34.7. The summed E-state index contributed by atoms with van der Waals surface area (Å²) in [6.45, 7) is 0.467. The van der Waals surface area contributed by atoms with Gasteiger partial charge < -0.3 is 37.2 Å². The molecule has 15 heteroatoms. The highest BCUT2D eigenvalue weighted by molar-refractivity contribution is 5.97. The largest absolute Gasteiger partial charge is 0.416 e. The molecule has 4 atom stereocenters. The third-order valence-corrected chi connectivity index (χ3v) is 6.24. The molecule has 8 N–H and O–H groups in total. The number of nitrogens with one attached hydrogen (secondary N) is 4. The molecule has 0 saturated carbocycles. The zero-order chi connectivity index (χ0) is 32.2. The van der Waals surface area contributed by atoms with E-state index in [1.54, 1.807) is 30.3 Å². The number of amides is 5. The van der Waals surface area contributed by atoms with Crippen molar-refractivity contribution in [1.82, 2.24) is 21.3 Å². The van der Waals surface area contributed by atoms with Crippen LogP contribution in [0.25, 0.3) is 0 Å². The maximum absolute atomic E-state index is 13.1. The van der Waals surface area contributed by atoms with Gasteiger partial charge in [0, 0.05) is 18.4 Å². The Hall–Kier alpha value is -4.50. The first-order valence-corrected chi connectivity index (χ1v) is 13.2. The van der Waals surface area contributed by atoms with Gasteiger partial charge in [0.1, 0.15) is 12.1 Å². The Morgan fingerprint density at radius 1 is 0.884 bits per heavy atom. The second-order valence-corrected chi connectivity index (χ2v) is 9.68. The van der Waals surface area contributed by atoms with Gasteiger partial charge in [0.15, 0.2) is 6.10 Å². The fourth-order valence-corrected chi connectivity index (χ4v) is 3.85. The Morgan fingerprint density at radius 2 is 1.51 bits per heavy atom. The van der Waals surface area contributed by atoms with Crippen molar-refractivity contribution in [2.24, 2.45) is 5.73 Å². The maximum atomic E-state index is 13.1. The smallest absolute Gasteiger partial charge is 0.392 e. The molecule has 2 unspecified atom stereocenters. The normalized spacial score (nSPS) is 14.0. The number of halogens is 3. The minimum absolute atomic E-state index is 0.0304. The molecule has 0 aliphatic carbocycles. The van der Waals surface area contributed by atoms with Crippen LogP contribution in [-0.4, -0.2) is 76.7 Å². The number of rotatable bonds is 15. The van der Waals surface area contributed by atoms with Crippen molar-refractivity contribution in [3.05, 3.63) is 71.3 Å². The summed E-state index contributed by atoms with van der Waals surface area (Å²) >= 11 is 0. The van der Waals surface area contributed by atoms with Crippen LogP contribution in [0.3, 0.4) is 0 Å².